The lowest BCUT2D eigenvalue weighted by atomic mass is 10.4. The quantitative estimate of drug-likeness (QED) is 0.850. The highest BCUT2D eigenvalue weighted by atomic mass is 35.7. The standard InChI is InChI=1S/C9H12ClNO4S2/c1-7(2)11-17(14,15)9-5-3-8(4-6-9)16(10,12)13/h3-7,11H,1-2H3. The molecule has 0 spiro atoms. The summed E-state index contributed by atoms with van der Waals surface area (Å²) in [5.74, 6) is 0. The molecule has 0 aliphatic carbocycles. The molecule has 1 N–H and O–H groups in total. The molecule has 1 rings (SSSR count). The number of hydrogen-bond donors (Lipinski definition) is 1. The molecule has 0 unspecified atom stereocenters. The number of hydrogen-bond acceptors (Lipinski definition) is 4. The van der Waals surface area contributed by atoms with Gasteiger partial charge in [0.15, 0.2) is 0 Å². The summed E-state index contributed by atoms with van der Waals surface area (Å²) in [6.45, 7) is 3.38. The summed E-state index contributed by atoms with van der Waals surface area (Å²) in [4.78, 5) is -0.141. The molecule has 0 saturated heterocycles. The van der Waals surface area contributed by atoms with Crippen LogP contribution in [0.2, 0.25) is 0 Å². The van der Waals surface area contributed by atoms with E-state index in [4.69, 9.17) is 10.7 Å². The minimum absolute atomic E-state index is 0.00438. The molecule has 0 atom stereocenters. The van der Waals surface area contributed by atoms with Crippen LogP contribution in [0, 0.1) is 0 Å². The minimum Gasteiger partial charge on any atom is -0.209 e. The van der Waals surface area contributed by atoms with Gasteiger partial charge in [-0.25, -0.2) is 21.6 Å². The van der Waals surface area contributed by atoms with Crippen molar-refractivity contribution in [2.45, 2.75) is 29.7 Å². The molecular formula is C9H12ClNO4S2. The van der Waals surface area contributed by atoms with Crippen molar-refractivity contribution >= 4 is 29.8 Å². The van der Waals surface area contributed by atoms with E-state index < -0.39 is 19.1 Å². The molecule has 1 aromatic carbocycles. The monoisotopic (exact) mass is 297 g/mol. The minimum atomic E-state index is -3.83. The fourth-order valence-electron chi connectivity index (χ4n) is 1.16. The van der Waals surface area contributed by atoms with E-state index in [0.717, 1.165) is 12.1 Å². The Labute approximate surface area is 105 Å². The number of sulfonamides is 1. The third-order valence-corrected chi connectivity index (χ3v) is 4.85. The van der Waals surface area contributed by atoms with Crippen LogP contribution in [-0.2, 0) is 19.1 Å². The van der Waals surface area contributed by atoms with Crippen LogP contribution in [0.1, 0.15) is 13.8 Å². The normalized spacial score (nSPS) is 12.9. The maximum Gasteiger partial charge on any atom is 0.261 e. The molecule has 0 amide bonds. The molecule has 0 radical (unpaired) electrons. The first kappa shape index (κ1) is 14.4. The van der Waals surface area contributed by atoms with Crippen LogP contribution >= 0.6 is 10.7 Å². The zero-order valence-electron chi connectivity index (χ0n) is 9.21. The van der Waals surface area contributed by atoms with Gasteiger partial charge in [0.25, 0.3) is 9.05 Å². The van der Waals surface area contributed by atoms with E-state index in [9.17, 15) is 16.8 Å². The van der Waals surface area contributed by atoms with Crippen molar-refractivity contribution < 1.29 is 16.8 Å². The van der Waals surface area contributed by atoms with Crippen LogP contribution < -0.4 is 4.72 Å². The van der Waals surface area contributed by atoms with Crippen molar-refractivity contribution in [1.82, 2.24) is 4.72 Å². The van der Waals surface area contributed by atoms with Gasteiger partial charge in [-0.15, -0.1) is 0 Å². The van der Waals surface area contributed by atoms with Crippen LogP contribution in [0.4, 0.5) is 0 Å². The Hall–Kier alpha value is -0.630. The Bertz CT molecular complexity index is 590. The smallest absolute Gasteiger partial charge is 0.209 e. The second-order valence-corrected chi connectivity index (χ2v) is 7.97. The van der Waals surface area contributed by atoms with E-state index in [2.05, 4.69) is 4.72 Å². The molecule has 0 aromatic heterocycles. The zero-order valence-corrected chi connectivity index (χ0v) is 11.6. The highest BCUT2D eigenvalue weighted by Gasteiger charge is 2.17. The van der Waals surface area contributed by atoms with Crippen LogP contribution in [0.25, 0.3) is 0 Å². The first-order chi connectivity index (χ1) is 7.63. The van der Waals surface area contributed by atoms with Crippen molar-refractivity contribution in [3.05, 3.63) is 24.3 Å². The predicted octanol–water partition coefficient (Wildman–Crippen LogP) is 1.30. The van der Waals surface area contributed by atoms with Gasteiger partial charge in [0, 0.05) is 16.7 Å². The van der Waals surface area contributed by atoms with Gasteiger partial charge in [-0.1, -0.05) is 0 Å². The number of benzene rings is 1. The third-order valence-electron chi connectivity index (χ3n) is 1.81. The summed E-state index contributed by atoms with van der Waals surface area (Å²) in [5, 5.41) is 0. The number of nitrogens with one attached hydrogen (secondary N) is 1. The maximum atomic E-state index is 11.7. The molecule has 5 nitrogen and oxygen atoms in total. The van der Waals surface area contributed by atoms with Crippen molar-refractivity contribution in [2.75, 3.05) is 0 Å². The first-order valence-electron chi connectivity index (χ1n) is 4.70. The second-order valence-electron chi connectivity index (χ2n) is 3.69. The highest BCUT2D eigenvalue weighted by Crippen LogP contribution is 2.17. The van der Waals surface area contributed by atoms with Crippen LogP contribution in [-0.4, -0.2) is 22.9 Å². The Morgan fingerprint density at radius 2 is 1.41 bits per heavy atom. The summed E-state index contributed by atoms with van der Waals surface area (Å²) in [6.07, 6.45) is 0. The molecular weight excluding hydrogens is 286 g/mol. The zero-order chi connectivity index (χ0) is 13.3. The Balaban J connectivity index is 3.12. The summed E-state index contributed by atoms with van der Waals surface area (Å²) >= 11 is 0. The average molecular weight is 298 g/mol. The molecule has 0 heterocycles. The predicted molar refractivity (Wildman–Crippen MR) is 64.9 cm³/mol. The Morgan fingerprint density at radius 3 is 1.76 bits per heavy atom. The fourth-order valence-corrected chi connectivity index (χ4v) is 3.18. The van der Waals surface area contributed by atoms with Gasteiger partial charge in [0.05, 0.1) is 9.79 Å². The van der Waals surface area contributed by atoms with E-state index in [1.165, 1.54) is 12.1 Å². The third kappa shape index (κ3) is 3.95. The van der Waals surface area contributed by atoms with E-state index in [-0.39, 0.29) is 15.8 Å². The lowest BCUT2D eigenvalue weighted by Gasteiger charge is -2.09. The lowest BCUT2D eigenvalue weighted by molar-refractivity contribution is 0.569. The molecule has 17 heavy (non-hydrogen) atoms. The van der Waals surface area contributed by atoms with E-state index in [0.29, 0.717) is 0 Å². The van der Waals surface area contributed by atoms with Crippen molar-refractivity contribution in [2.24, 2.45) is 0 Å². The van der Waals surface area contributed by atoms with Gasteiger partial charge in [0.2, 0.25) is 10.0 Å². The molecule has 8 heteroatoms. The molecule has 1 aromatic rings. The van der Waals surface area contributed by atoms with Gasteiger partial charge >= 0.3 is 0 Å². The second kappa shape index (κ2) is 4.93. The van der Waals surface area contributed by atoms with Crippen LogP contribution in [0.15, 0.2) is 34.1 Å². The molecule has 96 valence electrons. The molecule has 0 fully saturated rings. The van der Waals surface area contributed by atoms with Crippen molar-refractivity contribution in [3.8, 4) is 0 Å². The molecule has 0 saturated carbocycles. The van der Waals surface area contributed by atoms with Crippen LogP contribution in [0.3, 0.4) is 0 Å². The van der Waals surface area contributed by atoms with Gasteiger partial charge in [-0.2, -0.15) is 0 Å². The van der Waals surface area contributed by atoms with Crippen LogP contribution in [0.5, 0.6) is 0 Å². The molecule has 0 bridgehead atoms. The lowest BCUT2D eigenvalue weighted by Crippen LogP contribution is -2.30. The fraction of sp³-hybridized carbons (Fsp3) is 0.333. The van der Waals surface area contributed by atoms with Crippen molar-refractivity contribution in [3.63, 3.8) is 0 Å². The largest absolute Gasteiger partial charge is 0.261 e. The Kier molecular flexibility index (Phi) is 4.19. The summed E-state index contributed by atoms with van der Waals surface area (Å²) in [6, 6.07) is 4.45. The number of halogens is 1. The molecule has 0 aliphatic rings. The van der Waals surface area contributed by atoms with Gasteiger partial charge < -0.3 is 0 Å². The Morgan fingerprint density at radius 1 is 1.00 bits per heavy atom. The summed E-state index contributed by atoms with van der Waals surface area (Å²) < 4.78 is 47.7. The average Bonchev–Trinajstić information content (AvgIpc) is 2.14. The first-order valence-corrected chi connectivity index (χ1v) is 8.49. The summed E-state index contributed by atoms with van der Waals surface area (Å²) in [7, 11) is -2.32. The van der Waals surface area contributed by atoms with E-state index >= 15 is 0 Å². The maximum absolute atomic E-state index is 11.7. The number of rotatable bonds is 4. The van der Waals surface area contributed by atoms with Gasteiger partial charge in [0.1, 0.15) is 0 Å². The van der Waals surface area contributed by atoms with E-state index in [1.54, 1.807) is 13.8 Å². The van der Waals surface area contributed by atoms with Gasteiger partial charge in [-0.05, 0) is 38.1 Å². The topological polar surface area (TPSA) is 80.3 Å². The highest BCUT2D eigenvalue weighted by molar-refractivity contribution is 8.13. The van der Waals surface area contributed by atoms with Gasteiger partial charge in [-0.3, -0.25) is 0 Å². The van der Waals surface area contributed by atoms with Crippen molar-refractivity contribution in [1.29, 1.82) is 0 Å². The summed E-state index contributed by atoms with van der Waals surface area (Å²) in [5.41, 5.74) is 0. The van der Waals surface area contributed by atoms with E-state index in [1.807, 2.05) is 0 Å². The molecule has 0 aliphatic heterocycles. The SMILES string of the molecule is CC(C)NS(=O)(=O)c1ccc(S(=O)(=O)Cl)cc1.